The van der Waals surface area contributed by atoms with Crippen LogP contribution in [0.2, 0.25) is 0 Å². The summed E-state index contributed by atoms with van der Waals surface area (Å²) in [6.45, 7) is 10.2. The first kappa shape index (κ1) is 12.0. The zero-order valence-corrected chi connectivity index (χ0v) is 9.75. The van der Waals surface area contributed by atoms with Crippen LogP contribution < -0.4 is 0 Å². The monoisotopic (exact) mass is 201 g/mol. The number of aliphatic hydroxyl groups excluding tert-OH is 2. The number of hydrogen-bond donors (Lipinski definition) is 2. The highest BCUT2D eigenvalue weighted by molar-refractivity contribution is 5.02. The Morgan fingerprint density at radius 2 is 1.86 bits per heavy atom. The normalized spacial score (nSPS) is 31.7. The molecule has 0 aliphatic carbocycles. The van der Waals surface area contributed by atoms with E-state index >= 15 is 0 Å². The summed E-state index contributed by atoms with van der Waals surface area (Å²) >= 11 is 0. The average molecular weight is 201 g/mol. The van der Waals surface area contributed by atoms with Crippen molar-refractivity contribution in [2.45, 2.75) is 45.8 Å². The van der Waals surface area contributed by atoms with Gasteiger partial charge in [0.1, 0.15) is 0 Å². The quantitative estimate of drug-likeness (QED) is 0.696. The summed E-state index contributed by atoms with van der Waals surface area (Å²) in [7, 11) is 0. The first-order chi connectivity index (χ1) is 6.34. The molecule has 1 fully saturated rings. The Bertz CT molecular complexity index is 201. The topological polar surface area (TPSA) is 43.7 Å². The zero-order valence-electron chi connectivity index (χ0n) is 9.75. The zero-order chi connectivity index (χ0) is 11.0. The molecule has 2 N–H and O–H groups in total. The molecule has 1 aliphatic heterocycles. The summed E-state index contributed by atoms with van der Waals surface area (Å²) in [6.07, 6.45) is 0.559. The van der Waals surface area contributed by atoms with Crippen LogP contribution >= 0.6 is 0 Å². The van der Waals surface area contributed by atoms with E-state index in [2.05, 4.69) is 32.6 Å². The first-order valence-electron chi connectivity index (χ1n) is 5.38. The van der Waals surface area contributed by atoms with Gasteiger partial charge in [-0.2, -0.15) is 0 Å². The third-order valence-corrected chi connectivity index (χ3v) is 4.24. The molecule has 84 valence electrons. The summed E-state index contributed by atoms with van der Waals surface area (Å²) < 4.78 is 0. The molecule has 1 atom stereocenters. The first-order valence-corrected chi connectivity index (χ1v) is 5.38. The predicted octanol–water partition coefficient (Wildman–Crippen LogP) is 0.850. The van der Waals surface area contributed by atoms with E-state index in [0.717, 1.165) is 13.0 Å². The van der Waals surface area contributed by atoms with E-state index in [0.29, 0.717) is 6.54 Å². The van der Waals surface area contributed by atoms with Crippen molar-refractivity contribution < 1.29 is 10.2 Å². The van der Waals surface area contributed by atoms with Gasteiger partial charge in [0.25, 0.3) is 0 Å². The van der Waals surface area contributed by atoms with E-state index in [1.165, 1.54) is 0 Å². The van der Waals surface area contributed by atoms with Crippen LogP contribution in [0.1, 0.15) is 34.1 Å². The van der Waals surface area contributed by atoms with Gasteiger partial charge in [0.05, 0.1) is 12.7 Å². The number of rotatable bonds is 2. The minimum atomic E-state index is -0.243. The van der Waals surface area contributed by atoms with E-state index in [-0.39, 0.29) is 23.7 Å². The van der Waals surface area contributed by atoms with Gasteiger partial charge in [0.15, 0.2) is 0 Å². The molecular weight excluding hydrogens is 178 g/mol. The maximum absolute atomic E-state index is 9.97. The van der Waals surface area contributed by atoms with Crippen molar-refractivity contribution >= 4 is 0 Å². The van der Waals surface area contributed by atoms with Crippen molar-refractivity contribution in [2.24, 2.45) is 5.41 Å². The van der Waals surface area contributed by atoms with Gasteiger partial charge in [-0.1, -0.05) is 13.8 Å². The molecule has 14 heavy (non-hydrogen) atoms. The molecule has 0 aromatic carbocycles. The highest BCUT2D eigenvalue weighted by Crippen LogP contribution is 2.43. The SMILES string of the molecule is CC1(C)C(O)CCN(CCO)C1(C)C. The number of β-amino-alcohol motifs (C(OH)–C–C–N with tert-alkyl or cyclic N) is 1. The van der Waals surface area contributed by atoms with E-state index in [1.807, 2.05) is 0 Å². The molecule has 0 radical (unpaired) electrons. The lowest BCUT2D eigenvalue weighted by Gasteiger charge is -2.55. The third-order valence-electron chi connectivity index (χ3n) is 4.24. The molecule has 1 heterocycles. The molecule has 3 nitrogen and oxygen atoms in total. The fourth-order valence-electron chi connectivity index (χ4n) is 2.25. The van der Waals surface area contributed by atoms with Crippen LogP contribution in [0.3, 0.4) is 0 Å². The Morgan fingerprint density at radius 1 is 1.29 bits per heavy atom. The molecule has 0 spiro atoms. The number of hydrogen-bond acceptors (Lipinski definition) is 3. The molecule has 1 rings (SSSR count). The fraction of sp³-hybridized carbons (Fsp3) is 1.00. The number of aliphatic hydroxyl groups is 2. The number of likely N-dealkylation sites (tertiary alicyclic amines) is 1. The minimum Gasteiger partial charge on any atom is -0.395 e. The molecule has 0 saturated carbocycles. The van der Waals surface area contributed by atoms with Crippen molar-refractivity contribution in [1.82, 2.24) is 4.90 Å². The summed E-state index contributed by atoms with van der Waals surface area (Å²) in [5.74, 6) is 0. The average Bonchev–Trinajstić information content (AvgIpc) is 2.08. The minimum absolute atomic E-state index is 0.0621. The van der Waals surface area contributed by atoms with Gasteiger partial charge < -0.3 is 10.2 Å². The molecule has 3 heteroatoms. The highest BCUT2D eigenvalue weighted by atomic mass is 16.3. The summed E-state index contributed by atoms with van der Waals surface area (Å²) in [5, 5.41) is 19.0. The fourth-order valence-corrected chi connectivity index (χ4v) is 2.25. The smallest absolute Gasteiger partial charge is 0.0620 e. The molecule has 1 unspecified atom stereocenters. The maximum Gasteiger partial charge on any atom is 0.0620 e. The van der Waals surface area contributed by atoms with E-state index in [9.17, 15) is 5.11 Å². The Labute approximate surface area is 86.7 Å². The largest absolute Gasteiger partial charge is 0.395 e. The van der Waals surface area contributed by atoms with Gasteiger partial charge in [-0.05, 0) is 20.3 Å². The summed E-state index contributed by atoms with van der Waals surface area (Å²) in [4.78, 5) is 2.26. The number of nitrogens with zero attached hydrogens (tertiary/aromatic N) is 1. The highest BCUT2D eigenvalue weighted by Gasteiger charge is 2.49. The van der Waals surface area contributed by atoms with Gasteiger partial charge in [-0.15, -0.1) is 0 Å². The van der Waals surface area contributed by atoms with Crippen molar-refractivity contribution in [3.8, 4) is 0 Å². The molecule has 1 aliphatic rings. The second kappa shape index (κ2) is 3.80. The molecule has 1 saturated heterocycles. The van der Waals surface area contributed by atoms with Crippen LogP contribution in [-0.2, 0) is 0 Å². The predicted molar refractivity (Wildman–Crippen MR) is 57.1 cm³/mol. The summed E-state index contributed by atoms with van der Waals surface area (Å²) in [5.41, 5.74) is -0.187. The molecule has 0 amide bonds. The van der Waals surface area contributed by atoms with Crippen molar-refractivity contribution in [3.05, 3.63) is 0 Å². The van der Waals surface area contributed by atoms with Crippen LogP contribution in [0.25, 0.3) is 0 Å². The van der Waals surface area contributed by atoms with Crippen LogP contribution in [0.4, 0.5) is 0 Å². The molecule has 0 bridgehead atoms. The third kappa shape index (κ3) is 1.69. The van der Waals surface area contributed by atoms with Crippen LogP contribution in [0.15, 0.2) is 0 Å². The Morgan fingerprint density at radius 3 is 2.36 bits per heavy atom. The van der Waals surface area contributed by atoms with Crippen LogP contribution in [0.5, 0.6) is 0 Å². The van der Waals surface area contributed by atoms with Crippen LogP contribution in [-0.4, -0.2) is 46.5 Å². The lowest BCUT2D eigenvalue weighted by atomic mass is 9.66. The van der Waals surface area contributed by atoms with E-state index in [4.69, 9.17) is 5.11 Å². The van der Waals surface area contributed by atoms with Gasteiger partial charge >= 0.3 is 0 Å². The Balaban J connectivity index is 2.85. The molecular formula is C11H23NO2. The number of piperidine rings is 1. The summed E-state index contributed by atoms with van der Waals surface area (Å²) in [6, 6.07) is 0. The van der Waals surface area contributed by atoms with Crippen molar-refractivity contribution in [3.63, 3.8) is 0 Å². The Hall–Kier alpha value is -0.120. The van der Waals surface area contributed by atoms with Gasteiger partial charge in [-0.3, -0.25) is 4.90 Å². The van der Waals surface area contributed by atoms with E-state index < -0.39 is 0 Å². The second-order valence-electron chi connectivity index (χ2n) is 5.30. The van der Waals surface area contributed by atoms with Gasteiger partial charge in [0, 0.05) is 24.0 Å². The van der Waals surface area contributed by atoms with Crippen molar-refractivity contribution in [2.75, 3.05) is 19.7 Å². The second-order valence-corrected chi connectivity index (χ2v) is 5.30. The van der Waals surface area contributed by atoms with Gasteiger partial charge in [0.2, 0.25) is 0 Å². The maximum atomic E-state index is 9.97. The van der Waals surface area contributed by atoms with Crippen LogP contribution in [0, 0.1) is 5.41 Å². The Kier molecular flexibility index (Phi) is 3.24. The molecule has 0 aromatic rings. The van der Waals surface area contributed by atoms with Crippen molar-refractivity contribution in [1.29, 1.82) is 0 Å². The lowest BCUT2D eigenvalue weighted by molar-refractivity contribution is -0.116. The standard InChI is InChI=1S/C11H23NO2/c1-10(2)9(14)5-6-12(7-8-13)11(10,3)4/h9,13-14H,5-8H2,1-4H3. The van der Waals surface area contributed by atoms with E-state index in [1.54, 1.807) is 0 Å². The lowest BCUT2D eigenvalue weighted by Crippen LogP contribution is -2.63. The molecule has 0 aromatic heterocycles. The van der Waals surface area contributed by atoms with Gasteiger partial charge in [-0.25, -0.2) is 0 Å².